The summed E-state index contributed by atoms with van der Waals surface area (Å²) >= 11 is 0. The summed E-state index contributed by atoms with van der Waals surface area (Å²) in [5, 5.41) is 10.7. The maximum absolute atomic E-state index is 11.9. The van der Waals surface area contributed by atoms with Crippen LogP contribution in [0.1, 0.15) is 24.0 Å². The summed E-state index contributed by atoms with van der Waals surface area (Å²) in [5.41, 5.74) is 3.34. The van der Waals surface area contributed by atoms with Crippen LogP contribution in [-0.2, 0) is 4.79 Å². The van der Waals surface area contributed by atoms with E-state index in [0.717, 1.165) is 18.7 Å². The molecule has 2 heterocycles. The Balaban J connectivity index is 1.56. The Hall–Kier alpha value is -2.47. The van der Waals surface area contributed by atoms with Gasteiger partial charge >= 0.3 is 0 Å². The molecule has 1 aromatic carbocycles. The van der Waals surface area contributed by atoms with E-state index in [9.17, 15) is 4.79 Å². The number of amides is 1. The minimum atomic E-state index is -0.103. The van der Waals surface area contributed by atoms with Crippen LogP contribution in [0.3, 0.4) is 0 Å². The van der Waals surface area contributed by atoms with Crippen molar-refractivity contribution >= 4 is 12.1 Å². The number of benzene rings is 1. The van der Waals surface area contributed by atoms with Gasteiger partial charge in [0, 0.05) is 24.4 Å². The standard InChI is InChI=1S/C19H25N5O/c1-14-8-15(2)10-17(9-14)19-22-13-24(23-19)7-5-18(25)21-12-16-4-3-6-20-11-16/h5,7-10,13,16,20H,3-4,6,11-12H2,1-2H3,(H,21,25)/b7-5-. The molecule has 1 unspecified atom stereocenters. The molecule has 2 aromatic rings. The van der Waals surface area contributed by atoms with E-state index in [1.807, 2.05) is 0 Å². The Bertz CT molecular complexity index is 739. The smallest absolute Gasteiger partial charge is 0.245 e. The Morgan fingerprint density at radius 1 is 1.36 bits per heavy atom. The van der Waals surface area contributed by atoms with E-state index >= 15 is 0 Å². The van der Waals surface area contributed by atoms with E-state index in [1.54, 1.807) is 17.2 Å². The van der Waals surface area contributed by atoms with Crippen LogP contribution in [0.25, 0.3) is 17.6 Å². The molecule has 1 atom stereocenters. The van der Waals surface area contributed by atoms with Crippen LogP contribution in [-0.4, -0.2) is 40.3 Å². The van der Waals surface area contributed by atoms with Gasteiger partial charge in [-0.25, -0.2) is 9.67 Å². The van der Waals surface area contributed by atoms with E-state index in [4.69, 9.17) is 0 Å². The van der Waals surface area contributed by atoms with Crippen LogP contribution in [0.2, 0.25) is 0 Å². The molecule has 1 saturated heterocycles. The highest BCUT2D eigenvalue weighted by Crippen LogP contribution is 2.18. The lowest BCUT2D eigenvalue weighted by atomic mass is 10.00. The van der Waals surface area contributed by atoms with E-state index in [1.165, 1.54) is 30.0 Å². The fourth-order valence-electron chi connectivity index (χ4n) is 3.13. The molecule has 6 nitrogen and oxygen atoms in total. The minimum absolute atomic E-state index is 0.103. The minimum Gasteiger partial charge on any atom is -0.352 e. The Labute approximate surface area is 148 Å². The predicted molar refractivity (Wildman–Crippen MR) is 98.9 cm³/mol. The summed E-state index contributed by atoms with van der Waals surface area (Å²) in [4.78, 5) is 16.3. The highest BCUT2D eigenvalue weighted by atomic mass is 16.1. The number of nitrogens with one attached hydrogen (secondary N) is 2. The summed E-state index contributed by atoms with van der Waals surface area (Å²) < 4.78 is 1.56. The molecule has 3 rings (SSSR count). The zero-order chi connectivity index (χ0) is 17.6. The molecule has 1 aromatic heterocycles. The summed E-state index contributed by atoms with van der Waals surface area (Å²) in [5.74, 6) is 1.08. The number of nitrogens with zero attached hydrogens (tertiary/aromatic N) is 3. The topological polar surface area (TPSA) is 71.8 Å². The molecule has 0 spiro atoms. The van der Waals surface area contributed by atoms with E-state index in [-0.39, 0.29) is 5.91 Å². The second-order valence-electron chi connectivity index (χ2n) is 6.70. The number of piperidine rings is 1. The number of rotatable bonds is 5. The molecular weight excluding hydrogens is 314 g/mol. The quantitative estimate of drug-likeness (QED) is 0.819. The Morgan fingerprint density at radius 3 is 2.88 bits per heavy atom. The average molecular weight is 339 g/mol. The monoisotopic (exact) mass is 339 g/mol. The van der Waals surface area contributed by atoms with Crippen molar-refractivity contribution < 1.29 is 4.79 Å². The number of aryl methyl sites for hydroxylation is 2. The first-order chi connectivity index (χ1) is 12.1. The molecule has 0 saturated carbocycles. The highest BCUT2D eigenvalue weighted by molar-refractivity contribution is 5.90. The van der Waals surface area contributed by atoms with Gasteiger partial charge in [-0.15, -0.1) is 5.10 Å². The molecule has 1 amide bonds. The number of carbonyl (C=O) groups is 1. The summed E-state index contributed by atoms with van der Waals surface area (Å²) in [6.45, 7) is 6.88. The SMILES string of the molecule is Cc1cc(C)cc(-c2ncn(/C=C\C(=O)NCC3CCCNC3)n2)c1. The molecule has 1 aliphatic rings. The van der Waals surface area contributed by atoms with Crippen LogP contribution >= 0.6 is 0 Å². The largest absolute Gasteiger partial charge is 0.352 e. The van der Waals surface area contributed by atoms with Gasteiger partial charge in [0.2, 0.25) is 5.91 Å². The second-order valence-corrected chi connectivity index (χ2v) is 6.70. The lowest BCUT2D eigenvalue weighted by Crippen LogP contribution is -2.37. The van der Waals surface area contributed by atoms with Gasteiger partial charge in [-0.3, -0.25) is 4.79 Å². The Morgan fingerprint density at radius 2 is 2.16 bits per heavy atom. The maximum atomic E-state index is 11.9. The second kappa shape index (κ2) is 8.07. The number of aromatic nitrogens is 3. The molecule has 25 heavy (non-hydrogen) atoms. The van der Waals surface area contributed by atoms with Gasteiger partial charge < -0.3 is 10.6 Å². The molecule has 132 valence electrons. The molecule has 0 aliphatic carbocycles. The van der Waals surface area contributed by atoms with E-state index in [0.29, 0.717) is 18.3 Å². The normalized spacial score (nSPS) is 17.8. The first kappa shape index (κ1) is 17.4. The molecule has 1 aliphatic heterocycles. The number of hydrogen-bond donors (Lipinski definition) is 2. The van der Waals surface area contributed by atoms with Crippen LogP contribution < -0.4 is 10.6 Å². The van der Waals surface area contributed by atoms with Crippen molar-refractivity contribution in [3.8, 4) is 11.4 Å². The van der Waals surface area contributed by atoms with E-state index in [2.05, 4.69) is 52.8 Å². The van der Waals surface area contributed by atoms with Crippen molar-refractivity contribution in [1.29, 1.82) is 0 Å². The lowest BCUT2D eigenvalue weighted by molar-refractivity contribution is -0.116. The molecular formula is C19H25N5O. The number of carbonyl (C=O) groups excluding carboxylic acids is 1. The van der Waals surface area contributed by atoms with Crippen molar-refractivity contribution in [3.63, 3.8) is 0 Å². The predicted octanol–water partition coefficient (Wildman–Crippen LogP) is 2.15. The molecule has 0 radical (unpaired) electrons. The first-order valence-corrected chi connectivity index (χ1v) is 8.77. The van der Waals surface area contributed by atoms with Crippen LogP contribution in [0.15, 0.2) is 30.6 Å². The van der Waals surface area contributed by atoms with Gasteiger partial charge in [-0.05, 0) is 57.8 Å². The summed E-state index contributed by atoms with van der Waals surface area (Å²) in [6, 6.07) is 6.23. The molecule has 6 heteroatoms. The fraction of sp³-hybridized carbons (Fsp3) is 0.421. The van der Waals surface area contributed by atoms with Crippen molar-refractivity contribution in [2.45, 2.75) is 26.7 Å². The lowest BCUT2D eigenvalue weighted by Gasteiger charge is -2.22. The summed E-state index contributed by atoms with van der Waals surface area (Å²) in [6.07, 6.45) is 7.08. The van der Waals surface area contributed by atoms with Gasteiger partial charge in [0.05, 0.1) is 0 Å². The van der Waals surface area contributed by atoms with Crippen molar-refractivity contribution in [2.24, 2.45) is 5.92 Å². The third-order valence-electron chi connectivity index (χ3n) is 4.33. The zero-order valence-corrected chi connectivity index (χ0v) is 14.8. The Kier molecular flexibility index (Phi) is 5.60. The number of hydrogen-bond acceptors (Lipinski definition) is 4. The highest BCUT2D eigenvalue weighted by Gasteiger charge is 2.13. The van der Waals surface area contributed by atoms with Gasteiger partial charge in [0.25, 0.3) is 0 Å². The van der Waals surface area contributed by atoms with Crippen molar-refractivity contribution in [2.75, 3.05) is 19.6 Å². The third-order valence-corrected chi connectivity index (χ3v) is 4.33. The van der Waals surface area contributed by atoms with Gasteiger partial charge in [-0.1, -0.05) is 17.2 Å². The van der Waals surface area contributed by atoms with Crippen LogP contribution in [0.5, 0.6) is 0 Å². The molecule has 1 fully saturated rings. The fourth-order valence-corrected chi connectivity index (χ4v) is 3.13. The zero-order valence-electron chi connectivity index (χ0n) is 14.8. The van der Waals surface area contributed by atoms with Crippen molar-refractivity contribution in [1.82, 2.24) is 25.4 Å². The third kappa shape index (κ3) is 5.00. The first-order valence-electron chi connectivity index (χ1n) is 8.77. The van der Waals surface area contributed by atoms with Gasteiger partial charge in [0.1, 0.15) is 6.33 Å². The van der Waals surface area contributed by atoms with Crippen LogP contribution in [0, 0.1) is 19.8 Å². The summed E-state index contributed by atoms with van der Waals surface area (Å²) in [7, 11) is 0. The van der Waals surface area contributed by atoms with Gasteiger partial charge in [0.15, 0.2) is 5.82 Å². The maximum Gasteiger partial charge on any atom is 0.245 e. The van der Waals surface area contributed by atoms with E-state index < -0.39 is 0 Å². The van der Waals surface area contributed by atoms with Crippen molar-refractivity contribution in [3.05, 3.63) is 41.7 Å². The van der Waals surface area contributed by atoms with Crippen LogP contribution in [0.4, 0.5) is 0 Å². The average Bonchev–Trinajstić information content (AvgIpc) is 3.07. The van der Waals surface area contributed by atoms with Gasteiger partial charge in [-0.2, -0.15) is 0 Å². The molecule has 2 N–H and O–H groups in total. The molecule has 0 bridgehead atoms.